The molecule has 0 amide bonds. The number of rotatable bonds is 4. The van der Waals surface area contributed by atoms with E-state index in [9.17, 15) is 0 Å². The quantitative estimate of drug-likeness (QED) is 0.804. The second-order valence-corrected chi connectivity index (χ2v) is 3.80. The number of halogens is 1. The van der Waals surface area contributed by atoms with E-state index in [4.69, 9.17) is 17.3 Å². The van der Waals surface area contributed by atoms with E-state index < -0.39 is 0 Å². The van der Waals surface area contributed by atoms with Gasteiger partial charge in [-0.1, -0.05) is 6.92 Å². The molecule has 15 heavy (non-hydrogen) atoms. The topological polar surface area (TPSA) is 55.0 Å². The minimum Gasteiger partial charge on any atom is -0.394 e. The van der Waals surface area contributed by atoms with Crippen molar-refractivity contribution in [3.05, 3.63) is 11.5 Å². The lowest BCUT2D eigenvalue weighted by molar-refractivity contribution is 0.623. The first-order valence-electron chi connectivity index (χ1n) is 5.14. The minimum absolute atomic E-state index is 0.237. The smallest absolute Gasteiger partial charge is 0.224 e. The SMILES string of the molecule is CCC(C)N(CC)c1nc(Cl)ncc1N. The lowest BCUT2D eigenvalue weighted by Crippen LogP contribution is -2.33. The molecule has 5 heteroatoms. The molecule has 1 aromatic rings. The van der Waals surface area contributed by atoms with Crippen molar-refractivity contribution in [1.29, 1.82) is 0 Å². The van der Waals surface area contributed by atoms with E-state index in [2.05, 4.69) is 35.6 Å². The molecule has 84 valence electrons. The van der Waals surface area contributed by atoms with Crippen LogP contribution in [0.4, 0.5) is 11.5 Å². The molecule has 1 aromatic heterocycles. The Bertz CT molecular complexity index is 329. The molecule has 0 radical (unpaired) electrons. The summed E-state index contributed by atoms with van der Waals surface area (Å²) in [5, 5.41) is 0.237. The van der Waals surface area contributed by atoms with E-state index in [1.165, 1.54) is 0 Å². The van der Waals surface area contributed by atoms with E-state index >= 15 is 0 Å². The van der Waals surface area contributed by atoms with Gasteiger partial charge in [0.2, 0.25) is 5.28 Å². The van der Waals surface area contributed by atoms with Crippen LogP contribution in [0.5, 0.6) is 0 Å². The maximum Gasteiger partial charge on any atom is 0.224 e. The molecule has 1 heterocycles. The molecule has 0 aliphatic carbocycles. The van der Waals surface area contributed by atoms with E-state index in [0.29, 0.717) is 11.7 Å². The van der Waals surface area contributed by atoms with Crippen molar-refractivity contribution in [3.63, 3.8) is 0 Å². The molecule has 0 saturated heterocycles. The van der Waals surface area contributed by atoms with Gasteiger partial charge in [0.05, 0.1) is 11.9 Å². The molecule has 0 saturated carbocycles. The van der Waals surface area contributed by atoms with Crippen molar-refractivity contribution in [2.24, 2.45) is 0 Å². The van der Waals surface area contributed by atoms with Crippen LogP contribution in [-0.2, 0) is 0 Å². The summed E-state index contributed by atoms with van der Waals surface area (Å²) in [6.07, 6.45) is 2.59. The van der Waals surface area contributed by atoms with Gasteiger partial charge in [-0.2, -0.15) is 4.98 Å². The summed E-state index contributed by atoms with van der Waals surface area (Å²) in [4.78, 5) is 10.1. The average Bonchev–Trinajstić information content (AvgIpc) is 2.23. The van der Waals surface area contributed by atoms with Crippen molar-refractivity contribution in [3.8, 4) is 0 Å². The maximum atomic E-state index is 5.83. The summed E-state index contributed by atoms with van der Waals surface area (Å²) in [6, 6.07) is 0.392. The summed E-state index contributed by atoms with van der Waals surface area (Å²) < 4.78 is 0. The number of anilines is 2. The van der Waals surface area contributed by atoms with Gasteiger partial charge in [0, 0.05) is 12.6 Å². The lowest BCUT2D eigenvalue weighted by Gasteiger charge is -2.29. The molecule has 1 rings (SSSR count). The maximum absolute atomic E-state index is 5.83. The van der Waals surface area contributed by atoms with Crippen LogP contribution in [0.1, 0.15) is 27.2 Å². The highest BCUT2D eigenvalue weighted by Crippen LogP contribution is 2.23. The van der Waals surface area contributed by atoms with Crippen LogP contribution >= 0.6 is 11.6 Å². The van der Waals surface area contributed by atoms with Gasteiger partial charge in [0.25, 0.3) is 0 Å². The Labute approximate surface area is 95.5 Å². The van der Waals surface area contributed by atoms with Crippen LogP contribution in [0, 0.1) is 0 Å². The van der Waals surface area contributed by atoms with Crippen LogP contribution < -0.4 is 10.6 Å². The zero-order valence-electron chi connectivity index (χ0n) is 9.37. The number of hydrogen-bond acceptors (Lipinski definition) is 4. The molecule has 1 atom stereocenters. The van der Waals surface area contributed by atoms with Crippen LogP contribution in [-0.4, -0.2) is 22.6 Å². The highest BCUT2D eigenvalue weighted by Gasteiger charge is 2.15. The van der Waals surface area contributed by atoms with Crippen LogP contribution in [0.15, 0.2) is 6.20 Å². The largest absolute Gasteiger partial charge is 0.394 e. The highest BCUT2D eigenvalue weighted by atomic mass is 35.5. The lowest BCUT2D eigenvalue weighted by atomic mass is 10.2. The van der Waals surface area contributed by atoms with Gasteiger partial charge in [0.15, 0.2) is 5.82 Å². The Kier molecular flexibility index (Phi) is 4.15. The third-order valence-corrected chi connectivity index (χ3v) is 2.68. The number of hydrogen-bond donors (Lipinski definition) is 1. The van der Waals surface area contributed by atoms with Gasteiger partial charge in [-0.25, -0.2) is 4.98 Å². The van der Waals surface area contributed by atoms with Gasteiger partial charge >= 0.3 is 0 Å². The zero-order valence-corrected chi connectivity index (χ0v) is 10.1. The number of nitrogens with two attached hydrogens (primary N) is 1. The van der Waals surface area contributed by atoms with Crippen molar-refractivity contribution < 1.29 is 0 Å². The summed E-state index contributed by atoms with van der Waals surface area (Å²) in [7, 11) is 0. The molecule has 4 nitrogen and oxygen atoms in total. The molecular formula is C10H17ClN4. The van der Waals surface area contributed by atoms with Gasteiger partial charge in [-0.3, -0.25) is 0 Å². The van der Waals surface area contributed by atoms with E-state index in [-0.39, 0.29) is 5.28 Å². The van der Waals surface area contributed by atoms with Crippen LogP contribution in [0.2, 0.25) is 5.28 Å². The van der Waals surface area contributed by atoms with Crippen LogP contribution in [0.3, 0.4) is 0 Å². The summed E-state index contributed by atoms with van der Waals surface area (Å²) >= 11 is 5.76. The second kappa shape index (κ2) is 5.16. The first-order valence-corrected chi connectivity index (χ1v) is 5.52. The van der Waals surface area contributed by atoms with Gasteiger partial charge in [0.1, 0.15) is 0 Å². The first-order chi connectivity index (χ1) is 7.10. The van der Waals surface area contributed by atoms with Crippen molar-refractivity contribution in [2.45, 2.75) is 33.2 Å². The summed E-state index contributed by atoms with van der Waals surface area (Å²) in [6.45, 7) is 7.19. The van der Waals surface area contributed by atoms with Crippen molar-refractivity contribution >= 4 is 23.1 Å². The van der Waals surface area contributed by atoms with Gasteiger partial charge in [-0.15, -0.1) is 0 Å². The normalized spacial score (nSPS) is 12.5. The van der Waals surface area contributed by atoms with E-state index in [1.54, 1.807) is 6.20 Å². The molecule has 2 N–H and O–H groups in total. The monoisotopic (exact) mass is 228 g/mol. The number of nitrogen functional groups attached to an aromatic ring is 1. The van der Waals surface area contributed by atoms with Crippen molar-refractivity contribution in [2.75, 3.05) is 17.2 Å². The van der Waals surface area contributed by atoms with Gasteiger partial charge < -0.3 is 10.6 Å². The molecule has 0 fully saturated rings. The second-order valence-electron chi connectivity index (χ2n) is 3.46. The van der Waals surface area contributed by atoms with E-state index in [1.807, 2.05) is 0 Å². The van der Waals surface area contributed by atoms with Gasteiger partial charge in [-0.05, 0) is 31.9 Å². The third kappa shape index (κ3) is 2.72. The Balaban J connectivity index is 3.05. The average molecular weight is 229 g/mol. The molecule has 0 spiro atoms. The molecule has 0 aromatic carbocycles. The fraction of sp³-hybridized carbons (Fsp3) is 0.600. The molecule has 0 aliphatic rings. The fourth-order valence-corrected chi connectivity index (χ4v) is 1.61. The standard InChI is InChI=1S/C10H17ClN4/c1-4-7(3)15(5-2)9-8(12)6-13-10(11)14-9/h6-7H,4-5,12H2,1-3H3. The minimum atomic E-state index is 0.237. The Hall–Kier alpha value is -1.03. The Morgan fingerprint density at radius 3 is 2.73 bits per heavy atom. The molecule has 1 unspecified atom stereocenters. The zero-order chi connectivity index (χ0) is 11.4. The fourth-order valence-electron chi connectivity index (χ4n) is 1.48. The third-order valence-electron chi connectivity index (χ3n) is 2.50. The Morgan fingerprint density at radius 1 is 1.53 bits per heavy atom. The number of aromatic nitrogens is 2. The molecule has 0 bridgehead atoms. The molecule has 0 aliphatic heterocycles. The van der Waals surface area contributed by atoms with Crippen LogP contribution in [0.25, 0.3) is 0 Å². The van der Waals surface area contributed by atoms with Crippen molar-refractivity contribution in [1.82, 2.24) is 9.97 Å². The highest BCUT2D eigenvalue weighted by molar-refractivity contribution is 6.28. The first kappa shape index (κ1) is 12.0. The Morgan fingerprint density at radius 2 is 2.20 bits per heavy atom. The summed E-state index contributed by atoms with van der Waals surface area (Å²) in [5.41, 5.74) is 6.40. The number of nitrogens with zero attached hydrogens (tertiary/aromatic N) is 3. The van der Waals surface area contributed by atoms with E-state index in [0.717, 1.165) is 18.8 Å². The predicted octanol–water partition coefficient (Wildman–Crippen LogP) is 2.34. The molecular weight excluding hydrogens is 212 g/mol. The predicted molar refractivity (Wildman–Crippen MR) is 64.2 cm³/mol. The summed E-state index contributed by atoms with van der Waals surface area (Å²) in [5.74, 6) is 0.729.